The molecule has 0 radical (unpaired) electrons. The van der Waals surface area contributed by atoms with E-state index in [0.29, 0.717) is 0 Å². The normalized spacial score (nSPS) is 11.3. The van der Waals surface area contributed by atoms with Crippen LogP contribution in [0.5, 0.6) is 0 Å². The maximum atomic E-state index is 3.58. The van der Waals surface area contributed by atoms with Gasteiger partial charge in [-0.25, -0.2) is 0 Å². The van der Waals surface area contributed by atoms with Crippen LogP contribution in [0.2, 0.25) is 0 Å². The van der Waals surface area contributed by atoms with Crippen LogP contribution in [0.25, 0.3) is 38.6 Å². The van der Waals surface area contributed by atoms with Crippen molar-refractivity contribution in [3.63, 3.8) is 0 Å². The maximum absolute atomic E-state index is 3.58. The summed E-state index contributed by atoms with van der Waals surface area (Å²) in [7, 11) is 0. The van der Waals surface area contributed by atoms with Gasteiger partial charge in [0, 0.05) is 42.5 Å². The van der Waals surface area contributed by atoms with Crippen LogP contribution in [0.15, 0.2) is 148 Å². The highest BCUT2D eigenvalue weighted by Gasteiger charge is 2.15. The topological polar surface area (TPSA) is 8.17 Å². The summed E-state index contributed by atoms with van der Waals surface area (Å²) >= 11 is 7.15. The Morgan fingerprint density at radius 2 is 1.00 bits per heavy atom. The fraction of sp³-hybridized carbons (Fsp3) is 0.0270. The summed E-state index contributed by atoms with van der Waals surface area (Å²) in [6, 6.07) is 50.0. The number of hydrogen-bond donors (Lipinski definition) is 0. The highest BCUT2D eigenvalue weighted by atomic mass is 79.9. The van der Waals surface area contributed by atoms with Gasteiger partial charge >= 0.3 is 0 Å². The van der Waals surface area contributed by atoms with E-state index < -0.39 is 0 Å². The van der Waals surface area contributed by atoms with E-state index in [2.05, 4.69) is 188 Å². The molecule has 0 aliphatic carbocycles. The Balaban J connectivity index is 1.31. The first-order chi connectivity index (χ1) is 20.0. The summed E-state index contributed by atoms with van der Waals surface area (Å²) in [5.74, 6) is 0. The van der Waals surface area contributed by atoms with E-state index >= 15 is 0 Å². The molecule has 7 aromatic rings. The Kier molecular flexibility index (Phi) is 6.74. The number of nitrogens with zero attached hydrogens (tertiary/aromatic N) is 2. The van der Waals surface area contributed by atoms with Crippen molar-refractivity contribution in [2.24, 2.45) is 0 Å². The smallest absolute Gasteiger partial charge is 0.0541 e. The number of aromatic nitrogens is 1. The Hall–Kier alpha value is -4.12. The lowest BCUT2D eigenvalue weighted by atomic mass is 10.0. The van der Waals surface area contributed by atoms with Crippen molar-refractivity contribution < 1.29 is 0 Å². The zero-order valence-corrected chi connectivity index (χ0v) is 25.6. The second-order valence-corrected chi connectivity index (χ2v) is 12.1. The molecule has 0 atom stereocenters. The molecule has 0 unspecified atom stereocenters. The lowest BCUT2D eigenvalue weighted by Gasteiger charge is -2.25. The Labute approximate surface area is 256 Å². The van der Waals surface area contributed by atoms with Gasteiger partial charge in [-0.3, -0.25) is 0 Å². The molecule has 0 aliphatic heterocycles. The molecule has 1 heterocycles. The van der Waals surface area contributed by atoms with Gasteiger partial charge in [-0.15, -0.1) is 0 Å². The number of anilines is 3. The van der Waals surface area contributed by atoms with E-state index in [1.165, 1.54) is 44.2 Å². The molecule has 0 aliphatic rings. The predicted molar refractivity (Wildman–Crippen MR) is 181 cm³/mol. The molecule has 4 heteroatoms. The number of aryl methyl sites for hydroxylation is 1. The van der Waals surface area contributed by atoms with Crippen LogP contribution in [0, 0.1) is 6.92 Å². The number of rotatable bonds is 5. The van der Waals surface area contributed by atoms with Crippen LogP contribution in [0.4, 0.5) is 17.1 Å². The lowest BCUT2D eigenvalue weighted by Crippen LogP contribution is -2.09. The summed E-state index contributed by atoms with van der Waals surface area (Å²) in [5.41, 5.74) is 10.6. The van der Waals surface area contributed by atoms with Gasteiger partial charge in [0.2, 0.25) is 0 Å². The minimum absolute atomic E-state index is 1.06. The quantitative estimate of drug-likeness (QED) is 0.179. The van der Waals surface area contributed by atoms with Crippen molar-refractivity contribution in [1.29, 1.82) is 0 Å². The standard InChI is InChI=1S/C37H26Br2N2/c1-25-6-15-33(16-7-25)41-36-5-3-2-4-34(36)35-24-27(10-23-37(35)41)26-8-17-30(18-9-26)40(31-19-11-28(38)12-20-31)32-21-13-29(39)14-22-32/h2-24H,1H3. The number of benzene rings is 6. The number of hydrogen-bond acceptors (Lipinski definition) is 1. The zero-order chi connectivity index (χ0) is 27.9. The largest absolute Gasteiger partial charge is 0.311 e. The molecule has 0 fully saturated rings. The molecule has 0 spiro atoms. The molecule has 198 valence electrons. The summed E-state index contributed by atoms with van der Waals surface area (Å²) in [6.45, 7) is 2.13. The second-order valence-electron chi connectivity index (χ2n) is 10.3. The molecule has 1 aromatic heterocycles. The lowest BCUT2D eigenvalue weighted by molar-refractivity contribution is 1.17. The number of para-hydroxylation sites is 1. The third-order valence-electron chi connectivity index (χ3n) is 7.59. The van der Waals surface area contributed by atoms with E-state index in [1.54, 1.807) is 0 Å². The summed E-state index contributed by atoms with van der Waals surface area (Å²) in [5, 5.41) is 2.52. The highest BCUT2D eigenvalue weighted by molar-refractivity contribution is 9.10. The van der Waals surface area contributed by atoms with E-state index in [0.717, 1.165) is 26.0 Å². The van der Waals surface area contributed by atoms with Gasteiger partial charge in [-0.2, -0.15) is 0 Å². The van der Waals surface area contributed by atoms with Crippen LogP contribution in [-0.4, -0.2) is 4.57 Å². The van der Waals surface area contributed by atoms with Gasteiger partial charge in [-0.05, 0) is 109 Å². The first-order valence-electron chi connectivity index (χ1n) is 13.6. The van der Waals surface area contributed by atoms with Crippen LogP contribution in [0.3, 0.4) is 0 Å². The molecule has 6 aromatic carbocycles. The van der Waals surface area contributed by atoms with E-state index in [9.17, 15) is 0 Å². The minimum Gasteiger partial charge on any atom is -0.311 e. The monoisotopic (exact) mass is 656 g/mol. The Morgan fingerprint density at radius 3 is 1.61 bits per heavy atom. The second kappa shape index (κ2) is 10.7. The summed E-state index contributed by atoms with van der Waals surface area (Å²) < 4.78 is 4.49. The molecule has 0 N–H and O–H groups in total. The Bertz CT molecular complexity index is 1940. The third-order valence-corrected chi connectivity index (χ3v) is 8.65. The van der Waals surface area contributed by atoms with Crippen molar-refractivity contribution in [2.45, 2.75) is 6.92 Å². The third kappa shape index (κ3) is 4.88. The van der Waals surface area contributed by atoms with Crippen molar-refractivity contribution in [2.75, 3.05) is 4.90 Å². The number of halogens is 2. The molecule has 7 rings (SSSR count). The zero-order valence-electron chi connectivity index (χ0n) is 22.4. The average Bonchev–Trinajstić information content (AvgIpc) is 3.34. The Morgan fingerprint density at radius 1 is 0.488 bits per heavy atom. The van der Waals surface area contributed by atoms with E-state index in [-0.39, 0.29) is 0 Å². The predicted octanol–water partition coefficient (Wildman–Crippen LogP) is 11.8. The van der Waals surface area contributed by atoms with E-state index in [4.69, 9.17) is 0 Å². The SMILES string of the molecule is Cc1ccc(-n2c3ccccc3c3cc(-c4ccc(N(c5ccc(Br)cc5)c5ccc(Br)cc5)cc4)ccc32)cc1. The molecule has 0 saturated heterocycles. The van der Waals surface area contributed by atoms with Crippen LogP contribution >= 0.6 is 31.9 Å². The van der Waals surface area contributed by atoms with Gasteiger partial charge in [0.05, 0.1) is 11.0 Å². The molecular formula is C37H26Br2N2. The fourth-order valence-electron chi connectivity index (χ4n) is 5.55. The highest BCUT2D eigenvalue weighted by Crippen LogP contribution is 2.38. The van der Waals surface area contributed by atoms with Gasteiger partial charge in [0.1, 0.15) is 0 Å². The fourth-order valence-corrected chi connectivity index (χ4v) is 6.08. The van der Waals surface area contributed by atoms with Crippen molar-refractivity contribution in [3.05, 3.63) is 154 Å². The molecule has 0 saturated carbocycles. The molecule has 2 nitrogen and oxygen atoms in total. The first-order valence-corrected chi connectivity index (χ1v) is 15.2. The molecule has 41 heavy (non-hydrogen) atoms. The van der Waals surface area contributed by atoms with Crippen LogP contribution < -0.4 is 4.90 Å². The van der Waals surface area contributed by atoms with Gasteiger partial charge in [0.15, 0.2) is 0 Å². The first kappa shape index (κ1) is 25.8. The van der Waals surface area contributed by atoms with Gasteiger partial charge < -0.3 is 9.47 Å². The average molecular weight is 658 g/mol. The van der Waals surface area contributed by atoms with Crippen molar-refractivity contribution in [3.8, 4) is 16.8 Å². The molecule has 0 bridgehead atoms. The van der Waals surface area contributed by atoms with Gasteiger partial charge in [0.25, 0.3) is 0 Å². The van der Waals surface area contributed by atoms with Crippen LogP contribution in [0.1, 0.15) is 5.56 Å². The summed E-state index contributed by atoms with van der Waals surface area (Å²) in [4.78, 5) is 2.28. The molecular weight excluding hydrogens is 632 g/mol. The van der Waals surface area contributed by atoms with Gasteiger partial charge in [-0.1, -0.05) is 86.0 Å². The van der Waals surface area contributed by atoms with Crippen molar-refractivity contribution >= 4 is 70.7 Å². The minimum atomic E-state index is 1.06. The van der Waals surface area contributed by atoms with E-state index in [1.807, 2.05) is 0 Å². The van der Waals surface area contributed by atoms with Crippen molar-refractivity contribution in [1.82, 2.24) is 4.57 Å². The molecule has 0 amide bonds. The maximum Gasteiger partial charge on any atom is 0.0541 e. The number of fused-ring (bicyclic) bond motifs is 3. The van der Waals surface area contributed by atoms with Crippen LogP contribution in [-0.2, 0) is 0 Å². The summed E-state index contributed by atoms with van der Waals surface area (Å²) in [6.07, 6.45) is 0.